The van der Waals surface area contributed by atoms with Gasteiger partial charge in [0.2, 0.25) is 5.88 Å². The Kier molecular flexibility index (Phi) is 3.77. The summed E-state index contributed by atoms with van der Waals surface area (Å²) in [6.07, 6.45) is 4.56. The summed E-state index contributed by atoms with van der Waals surface area (Å²) in [5, 5.41) is 14.6. The first-order valence-electron chi connectivity index (χ1n) is 8.92. The van der Waals surface area contributed by atoms with Crippen LogP contribution in [0.4, 0.5) is 0 Å². The molecular formula is C21H16N4O2S. The van der Waals surface area contributed by atoms with E-state index in [1.54, 1.807) is 6.08 Å². The Hall–Kier alpha value is -3.45. The zero-order valence-electron chi connectivity index (χ0n) is 14.7. The molecule has 0 aliphatic carbocycles. The molecule has 5 rings (SSSR count). The minimum atomic E-state index is -0.00397. The second kappa shape index (κ2) is 6.31. The van der Waals surface area contributed by atoms with Gasteiger partial charge in [-0.3, -0.25) is 4.79 Å². The molecule has 0 saturated carbocycles. The van der Waals surface area contributed by atoms with Crippen molar-refractivity contribution in [3.63, 3.8) is 0 Å². The highest BCUT2D eigenvalue weighted by atomic mass is 32.1. The van der Waals surface area contributed by atoms with E-state index in [1.807, 2.05) is 30.3 Å². The normalized spacial score (nSPS) is 16.1. The lowest BCUT2D eigenvalue weighted by Crippen LogP contribution is -2.31. The first-order valence-corrected chi connectivity index (χ1v) is 9.33. The van der Waals surface area contributed by atoms with Crippen LogP contribution in [-0.2, 0) is 6.42 Å². The molecule has 6 nitrogen and oxygen atoms in total. The van der Waals surface area contributed by atoms with E-state index in [9.17, 15) is 9.90 Å². The first-order chi connectivity index (χ1) is 13.6. The molecule has 0 radical (unpaired) electrons. The van der Waals surface area contributed by atoms with E-state index < -0.39 is 0 Å². The number of benzene rings is 2. The Morgan fingerprint density at radius 2 is 1.93 bits per heavy atom. The third-order valence-corrected chi connectivity index (χ3v) is 5.18. The van der Waals surface area contributed by atoms with Gasteiger partial charge in [-0.1, -0.05) is 18.2 Å². The number of amides is 1. The number of carbonyl (C=O) groups is 1. The maximum Gasteiger partial charge on any atom is 0.251 e. The molecule has 1 aromatic heterocycles. The van der Waals surface area contributed by atoms with Crippen molar-refractivity contribution in [3.8, 4) is 17.0 Å². The number of nitrogens with zero attached hydrogens (tertiary/aromatic N) is 1. The van der Waals surface area contributed by atoms with Crippen LogP contribution in [0.3, 0.4) is 0 Å². The largest absolute Gasteiger partial charge is 0.493 e. The standard InChI is InChI=1S/C21H16N4O2S/c26-19-16-3-1-11(7-13(16)5-6-22-19)12-2-4-17-14(8-12)9-15(23-17)10-18-20(27)25-21(28)24-18/h1-4,7-10,27H,5-6H2,(H,22,26)(H2,24,25,28). The molecule has 2 aliphatic heterocycles. The molecule has 2 aromatic carbocycles. The number of aromatic nitrogens is 2. The monoisotopic (exact) mass is 388 g/mol. The van der Waals surface area contributed by atoms with Gasteiger partial charge in [0.15, 0.2) is 4.77 Å². The summed E-state index contributed by atoms with van der Waals surface area (Å²) in [5.74, 6) is -0.00782. The van der Waals surface area contributed by atoms with E-state index in [0.29, 0.717) is 17.0 Å². The van der Waals surface area contributed by atoms with E-state index in [4.69, 9.17) is 12.2 Å². The highest BCUT2D eigenvalue weighted by Gasteiger charge is 2.17. The van der Waals surface area contributed by atoms with Crippen molar-refractivity contribution < 1.29 is 9.90 Å². The van der Waals surface area contributed by atoms with E-state index in [1.165, 1.54) is 0 Å². The molecule has 2 aliphatic rings. The van der Waals surface area contributed by atoms with Crippen LogP contribution in [0.25, 0.3) is 23.3 Å². The van der Waals surface area contributed by atoms with Crippen molar-refractivity contribution in [1.29, 1.82) is 0 Å². The van der Waals surface area contributed by atoms with Gasteiger partial charge in [0.05, 0.1) is 11.1 Å². The van der Waals surface area contributed by atoms with Crippen molar-refractivity contribution in [2.75, 3.05) is 6.54 Å². The molecule has 28 heavy (non-hydrogen) atoms. The Morgan fingerprint density at radius 3 is 2.75 bits per heavy atom. The summed E-state index contributed by atoms with van der Waals surface area (Å²) in [4.78, 5) is 22.1. The van der Waals surface area contributed by atoms with Gasteiger partial charge >= 0.3 is 0 Å². The Bertz CT molecular complexity index is 1350. The predicted molar refractivity (Wildman–Crippen MR) is 109 cm³/mol. The average Bonchev–Trinajstić information content (AvgIpc) is 3.22. The van der Waals surface area contributed by atoms with Crippen LogP contribution in [0.2, 0.25) is 0 Å². The number of aromatic amines is 2. The fourth-order valence-corrected chi connectivity index (χ4v) is 3.81. The number of carbonyl (C=O) groups excluding carboxylic acids is 1. The number of hydrogen-bond acceptors (Lipinski definition) is 4. The van der Waals surface area contributed by atoms with Crippen molar-refractivity contribution >= 4 is 30.3 Å². The third-order valence-electron chi connectivity index (χ3n) is 4.97. The molecule has 138 valence electrons. The third kappa shape index (κ3) is 2.86. The zero-order chi connectivity index (χ0) is 19.3. The quantitative estimate of drug-likeness (QED) is 0.507. The van der Waals surface area contributed by atoms with E-state index in [2.05, 4.69) is 32.4 Å². The predicted octanol–water partition coefficient (Wildman–Crippen LogP) is 2.19. The lowest BCUT2D eigenvalue weighted by Gasteiger charge is -2.17. The van der Waals surface area contributed by atoms with E-state index in [-0.39, 0.29) is 11.8 Å². The van der Waals surface area contributed by atoms with Gasteiger partial charge in [0, 0.05) is 17.3 Å². The lowest BCUT2D eigenvalue weighted by molar-refractivity contribution is 0.0946. The fourth-order valence-electron chi connectivity index (χ4n) is 3.60. The van der Waals surface area contributed by atoms with Crippen molar-refractivity contribution in [1.82, 2.24) is 15.3 Å². The van der Waals surface area contributed by atoms with Gasteiger partial charge in [0.25, 0.3) is 5.91 Å². The molecule has 0 saturated heterocycles. The summed E-state index contributed by atoms with van der Waals surface area (Å²) in [5.41, 5.74) is 5.22. The number of imidazole rings is 1. The van der Waals surface area contributed by atoms with Crippen LogP contribution in [0.1, 0.15) is 21.6 Å². The molecule has 0 unspecified atom stereocenters. The van der Waals surface area contributed by atoms with Crippen molar-refractivity contribution in [2.45, 2.75) is 6.42 Å². The first kappa shape index (κ1) is 16.7. The van der Waals surface area contributed by atoms with Gasteiger partial charge in [-0.25, -0.2) is 4.99 Å². The number of aromatic hydroxyl groups is 1. The molecule has 7 heteroatoms. The molecule has 3 aromatic rings. The summed E-state index contributed by atoms with van der Waals surface area (Å²) in [6.45, 7) is 0.676. The van der Waals surface area contributed by atoms with Crippen LogP contribution in [0, 0.1) is 4.77 Å². The maximum atomic E-state index is 11.9. The number of fused-ring (bicyclic) bond motifs is 2. The van der Waals surface area contributed by atoms with Crippen molar-refractivity contribution in [3.05, 3.63) is 74.3 Å². The number of hydrogen-bond donors (Lipinski definition) is 4. The zero-order valence-corrected chi connectivity index (χ0v) is 15.6. The van der Waals surface area contributed by atoms with Crippen LogP contribution in [0.5, 0.6) is 5.88 Å². The Morgan fingerprint density at radius 1 is 1.11 bits per heavy atom. The molecule has 0 atom stereocenters. The smallest absolute Gasteiger partial charge is 0.251 e. The van der Waals surface area contributed by atoms with Gasteiger partial charge in [0.1, 0.15) is 5.69 Å². The minimum absolute atomic E-state index is 0.00385. The fraction of sp³-hybridized carbons (Fsp3) is 0.0952. The molecule has 1 amide bonds. The van der Waals surface area contributed by atoms with E-state index >= 15 is 0 Å². The van der Waals surface area contributed by atoms with Gasteiger partial charge < -0.3 is 20.4 Å². The summed E-state index contributed by atoms with van der Waals surface area (Å²) < 4.78 is 0.364. The molecule has 0 fully saturated rings. The van der Waals surface area contributed by atoms with Crippen LogP contribution < -0.4 is 15.9 Å². The molecular weight excluding hydrogens is 372 g/mol. The number of H-pyrrole nitrogens is 2. The van der Waals surface area contributed by atoms with Gasteiger partial charge in [-0.2, -0.15) is 0 Å². The number of allylic oxidation sites excluding steroid dienone is 1. The van der Waals surface area contributed by atoms with Crippen LogP contribution >= 0.6 is 12.2 Å². The summed E-state index contributed by atoms with van der Waals surface area (Å²) >= 11 is 4.99. The van der Waals surface area contributed by atoms with Crippen LogP contribution in [-0.4, -0.2) is 27.5 Å². The Labute approximate surface area is 165 Å². The second-order valence-corrected chi connectivity index (χ2v) is 7.23. The molecule has 0 spiro atoms. The van der Waals surface area contributed by atoms with E-state index in [0.717, 1.165) is 44.9 Å². The maximum absolute atomic E-state index is 11.9. The number of nitrogens with one attached hydrogen (secondary N) is 3. The van der Waals surface area contributed by atoms with Crippen LogP contribution in [0.15, 0.2) is 47.1 Å². The molecule has 0 bridgehead atoms. The molecule has 4 N–H and O–H groups in total. The second-order valence-electron chi connectivity index (χ2n) is 6.82. The Balaban J connectivity index is 1.54. The van der Waals surface area contributed by atoms with Crippen molar-refractivity contribution in [2.24, 2.45) is 4.99 Å². The topological polar surface area (TPSA) is 93.3 Å². The van der Waals surface area contributed by atoms with Gasteiger partial charge in [-0.15, -0.1) is 0 Å². The summed E-state index contributed by atoms with van der Waals surface area (Å²) in [6, 6.07) is 12.1. The summed E-state index contributed by atoms with van der Waals surface area (Å²) in [7, 11) is 0. The average molecular weight is 388 g/mol. The molecule has 3 heterocycles. The highest BCUT2D eigenvalue weighted by molar-refractivity contribution is 7.71. The SMILES string of the molecule is O=C1NCCc2cc(-c3ccc4c(c3)=CC(=Cc3[nH]c(=S)[nH]c3O)N=4)ccc21. The number of rotatable bonds is 2. The highest BCUT2D eigenvalue weighted by Crippen LogP contribution is 2.24. The van der Waals surface area contributed by atoms with Gasteiger partial charge in [-0.05, 0) is 65.7 Å². The lowest BCUT2D eigenvalue weighted by atomic mass is 9.95. The minimum Gasteiger partial charge on any atom is -0.493 e.